The Morgan fingerprint density at radius 2 is 1.59 bits per heavy atom. The predicted octanol–water partition coefficient (Wildman–Crippen LogP) is 3.64. The van der Waals surface area contributed by atoms with Crippen molar-refractivity contribution in [3.8, 4) is 0 Å². The highest BCUT2D eigenvalue weighted by atomic mass is 19.1. The number of ketones is 1. The number of aryl methyl sites for hydroxylation is 1. The lowest BCUT2D eigenvalue weighted by Crippen LogP contribution is -2.49. The molecule has 2 aromatic rings. The van der Waals surface area contributed by atoms with Gasteiger partial charge in [-0.05, 0) is 65.0 Å². The second kappa shape index (κ2) is 8.11. The molecule has 0 saturated carbocycles. The van der Waals surface area contributed by atoms with Crippen LogP contribution in [0.1, 0.15) is 52.9 Å². The number of nitrogens with zero attached hydrogens (tertiary/aromatic N) is 3. The first kappa shape index (κ1) is 21.2. The monoisotopic (exact) mass is 399 g/mol. The van der Waals surface area contributed by atoms with E-state index in [-0.39, 0.29) is 23.0 Å². The van der Waals surface area contributed by atoms with Gasteiger partial charge in [0.25, 0.3) is 5.91 Å². The van der Waals surface area contributed by atoms with E-state index in [0.29, 0.717) is 38.3 Å². The summed E-state index contributed by atoms with van der Waals surface area (Å²) < 4.78 is 15.3. The van der Waals surface area contributed by atoms with Crippen LogP contribution in [0.3, 0.4) is 0 Å². The number of carbonyl (C=O) groups is 2. The zero-order valence-electron chi connectivity index (χ0n) is 18.0. The molecule has 2 heterocycles. The summed E-state index contributed by atoms with van der Waals surface area (Å²) in [5.74, 6) is -0.327. The Bertz CT molecular complexity index is 901. The van der Waals surface area contributed by atoms with E-state index in [0.717, 1.165) is 17.0 Å². The van der Waals surface area contributed by atoms with Crippen LogP contribution in [-0.2, 0) is 5.54 Å². The lowest BCUT2D eigenvalue weighted by atomic mass is 10.1. The van der Waals surface area contributed by atoms with Crippen molar-refractivity contribution in [3.05, 3.63) is 58.7 Å². The summed E-state index contributed by atoms with van der Waals surface area (Å²) in [6.07, 6.45) is 0. The minimum absolute atomic E-state index is 0.0704. The third-order valence-corrected chi connectivity index (χ3v) is 5.52. The first-order chi connectivity index (χ1) is 13.6. The molecule has 1 amide bonds. The van der Waals surface area contributed by atoms with Crippen molar-refractivity contribution < 1.29 is 14.0 Å². The lowest BCUT2D eigenvalue weighted by Gasteiger charge is -2.34. The average Bonchev–Trinajstić information content (AvgIpc) is 2.97. The van der Waals surface area contributed by atoms with Crippen LogP contribution in [0.15, 0.2) is 30.3 Å². The number of benzene rings is 1. The fourth-order valence-corrected chi connectivity index (χ4v) is 4.25. The van der Waals surface area contributed by atoms with E-state index in [9.17, 15) is 14.0 Å². The number of rotatable bonds is 4. The number of amides is 1. The van der Waals surface area contributed by atoms with E-state index in [4.69, 9.17) is 0 Å². The molecule has 1 aromatic carbocycles. The van der Waals surface area contributed by atoms with Gasteiger partial charge in [0, 0.05) is 54.2 Å². The van der Waals surface area contributed by atoms with Crippen LogP contribution >= 0.6 is 0 Å². The first-order valence-electron chi connectivity index (χ1n) is 10.1. The van der Waals surface area contributed by atoms with Gasteiger partial charge in [-0.2, -0.15) is 0 Å². The van der Waals surface area contributed by atoms with Crippen LogP contribution in [-0.4, -0.2) is 58.8 Å². The summed E-state index contributed by atoms with van der Waals surface area (Å²) in [5.41, 5.74) is 3.30. The maximum atomic E-state index is 13.1. The van der Waals surface area contributed by atoms with Gasteiger partial charge in [-0.1, -0.05) is 0 Å². The van der Waals surface area contributed by atoms with Crippen molar-refractivity contribution in [1.29, 1.82) is 0 Å². The van der Waals surface area contributed by atoms with Crippen LogP contribution in [0, 0.1) is 19.7 Å². The molecule has 0 N–H and O–H groups in total. The third kappa shape index (κ3) is 4.58. The Kier molecular flexibility index (Phi) is 5.94. The number of hydrogen-bond donors (Lipinski definition) is 0. The molecular formula is C23H30FN3O2. The highest BCUT2D eigenvalue weighted by Gasteiger charge is 2.26. The summed E-state index contributed by atoms with van der Waals surface area (Å²) in [7, 11) is 0. The molecule has 5 nitrogen and oxygen atoms in total. The van der Waals surface area contributed by atoms with E-state index in [1.807, 2.05) is 19.9 Å². The molecule has 0 radical (unpaired) electrons. The molecule has 156 valence electrons. The number of aromatic nitrogens is 1. The zero-order chi connectivity index (χ0) is 21.3. The van der Waals surface area contributed by atoms with E-state index in [2.05, 4.69) is 30.2 Å². The highest BCUT2D eigenvalue weighted by molar-refractivity contribution is 5.99. The van der Waals surface area contributed by atoms with Gasteiger partial charge in [-0.15, -0.1) is 0 Å². The Labute approximate surface area is 172 Å². The number of carbonyl (C=O) groups excluding carboxylic acids is 2. The largest absolute Gasteiger partial charge is 0.343 e. The highest BCUT2D eigenvalue weighted by Crippen LogP contribution is 2.25. The summed E-state index contributed by atoms with van der Waals surface area (Å²) in [4.78, 5) is 29.3. The predicted molar refractivity (Wildman–Crippen MR) is 112 cm³/mol. The fraction of sp³-hybridized carbons (Fsp3) is 0.478. The molecule has 29 heavy (non-hydrogen) atoms. The van der Waals surface area contributed by atoms with Gasteiger partial charge in [0.05, 0.1) is 6.54 Å². The zero-order valence-corrected chi connectivity index (χ0v) is 18.0. The Morgan fingerprint density at radius 3 is 2.10 bits per heavy atom. The minimum atomic E-state index is -0.351. The van der Waals surface area contributed by atoms with Crippen molar-refractivity contribution in [2.24, 2.45) is 0 Å². The van der Waals surface area contributed by atoms with E-state index < -0.39 is 0 Å². The van der Waals surface area contributed by atoms with Gasteiger partial charge in [0.2, 0.25) is 0 Å². The first-order valence-corrected chi connectivity index (χ1v) is 10.1. The molecule has 1 saturated heterocycles. The van der Waals surface area contributed by atoms with E-state index >= 15 is 0 Å². The van der Waals surface area contributed by atoms with Gasteiger partial charge in [-0.25, -0.2) is 4.39 Å². The van der Waals surface area contributed by atoms with Crippen molar-refractivity contribution in [1.82, 2.24) is 14.4 Å². The number of halogens is 1. The second-order valence-corrected chi connectivity index (χ2v) is 8.79. The van der Waals surface area contributed by atoms with Crippen molar-refractivity contribution in [3.63, 3.8) is 0 Å². The molecule has 0 bridgehead atoms. The third-order valence-electron chi connectivity index (χ3n) is 5.52. The minimum Gasteiger partial charge on any atom is -0.343 e. The van der Waals surface area contributed by atoms with Gasteiger partial charge in [0.1, 0.15) is 5.82 Å². The maximum absolute atomic E-state index is 13.1. The summed E-state index contributed by atoms with van der Waals surface area (Å²) in [6, 6.07) is 7.61. The summed E-state index contributed by atoms with van der Waals surface area (Å²) >= 11 is 0. The SMILES string of the molecule is Cc1cc(C(=O)CN2CCN(C(=O)c3ccc(F)cc3)CC2)c(C)n1C(C)(C)C. The molecule has 6 heteroatoms. The number of hydrogen-bond acceptors (Lipinski definition) is 3. The van der Waals surface area contributed by atoms with Gasteiger partial charge >= 0.3 is 0 Å². The Balaban J connectivity index is 1.60. The molecule has 1 aliphatic heterocycles. The van der Waals surface area contributed by atoms with Gasteiger partial charge < -0.3 is 9.47 Å². The molecule has 0 unspecified atom stereocenters. The lowest BCUT2D eigenvalue weighted by molar-refractivity contribution is 0.0624. The molecule has 1 aromatic heterocycles. The normalized spacial score (nSPS) is 15.6. The van der Waals surface area contributed by atoms with E-state index in [1.54, 1.807) is 4.90 Å². The molecule has 0 spiro atoms. The van der Waals surface area contributed by atoms with Crippen LogP contribution in [0.2, 0.25) is 0 Å². The number of Topliss-reactive ketones (excluding diaryl/α,β-unsaturated/α-hetero) is 1. The standard InChI is InChI=1S/C23H30FN3O2/c1-16-14-20(17(2)27(16)23(3,4)5)21(28)15-25-10-12-26(13-11-25)22(29)18-6-8-19(24)9-7-18/h6-9,14H,10-13,15H2,1-5H3. The molecule has 1 aliphatic rings. The maximum Gasteiger partial charge on any atom is 0.253 e. The fourth-order valence-electron chi connectivity index (χ4n) is 4.25. The smallest absolute Gasteiger partial charge is 0.253 e. The molecule has 0 atom stereocenters. The molecular weight excluding hydrogens is 369 g/mol. The molecule has 0 aliphatic carbocycles. The van der Waals surface area contributed by atoms with Crippen LogP contribution in [0.4, 0.5) is 4.39 Å². The van der Waals surface area contributed by atoms with E-state index in [1.165, 1.54) is 24.3 Å². The topological polar surface area (TPSA) is 45.6 Å². The quantitative estimate of drug-likeness (QED) is 0.738. The van der Waals surface area contributed by atoms with Gasteiger partial charge in [-0.3, -0.25) is 14.5 Å². The van der Waals surface area contributed by atoms with Crippen LogP contribution < -0.4 is 0 Å². The average molecular weight is 400 g/mol. The van der Waals surface area contributed by atoms with Crippen molar-refractivity contribution >= 4 is 11.7 Å². The number of piperazine rings is 1. The van der Waals surface area contributed by atoms with Crippen molar-refractivity contribution in [2.75, 3.05) is 32.7 Å². The summed E-state index contributed by atoms with van der Waals surface area (Å²) in [6.45, 7) is 13.2. The molecule has 1 fully saturated rings. The van der Waals surface area contributed by atoms with Crippen LogP contribution in [0.5, 0.6) is 0 Å². The van der Waals surface area contributed by atoms with Crippen molar-refractivity contribution in [2.45, 2.75) is 40.2 Å². The molecule has 3 rings (SSSR count). The van der Waals surface area contributed by atoms with Crippen LogP contribution in [0.25, 0.3) is 0 Å². The second-order valence-electron chi connectivity index (χ2n) is 8.79. The Hall–Kier alpha value is -2.47. The van der Waals surface area contributed by atoms with Gasteiger partial charge in [0.15, 0.2) is 5.78 Å². The summed E-state index contributed by atoms with van der Waals surface area (Å²) in [5, 5.41) is 0. The Morgan fingerprint density at radius 1 is 1.00 bits per heavy atom.